The van der Waals surface area contributed by atoms with Gasteiger partial charge in [0.1, 0.15) is 12.4 Å². The summed E-state index contributed by atoms with van der Waals surface area (Å²) < 4.78 is 7.73. The Labute approximate surface area is 192 Å². The van der Waals surface area contributed by atoms with Crippen molar-refractivity contribution in [2.24, 2.45) is 0 Å². The summed E-state index contributed by atoms with van der Waals surface area (Å²) in [7, 11) is 0. The lowest BCUT2D eigenvalue weighted by atomic mass is 10.1. The highest BCUT2D eigenvalue weighted by atomic mass is 16.6. The van der Waals surface area contributed by atoms with Crippen LogP contribution in [-0.2, 0) is 13.2 Å². The van der Waals surface area contributed by atoms with Crippen LogP contribution in [0.3, 0.4) is 0 Å². The lowest BCUT2D eigenvalue weighted by Gasteiger charge is -2.14. The van der Waals surface area contributed by atoms with Gasteiger partial charge in [0.15, 0.2) is 23.1 Å². The fourth-order valence-corrected chi connectivity index (χ4v) is 3.48. The quantitative estimate of drug-likeness (QED) is 0.289. The first-order valence-corrected chi connectivity index (χ1v) is 10.9. The molecule has 0 fully saturated rings. The van der Waals surface area contributed by atoms with Crippen LogP contribution in [0, 0.1) is 10.1 Å². The highest BCUT2D eigenvalue weighted by Gasteiger charge is 2.22. The average Bonchev–Trinajstić information content (AvgIpc) is 3.27. The Bertz CT molecular complexity index is 1220. The predicted octanol–water partition coefficient (Wildman–Crippen LogP) is 4.87. The third kappa shape index (κ3) is 4.92. The van der Waals surface area contributed by atoms with E-state index >= 15 is 0 Å². The van der Waals surface area contributed by atoms with E-state index < -0.39 is 4.92 Å². The minimum Gasteiger partial charge on any atom is -0.482 e. The SMILES string of the molecule is CCNc1ncn(Cc2ccc([N+](=O)[O-])c(OCc3ccccc3)c2)c2nc(C(C)C)nc1-2. The van der Waals surface area contributed by atoms with Crippen molar-refractivity contribution in [2.45, 2.75) is 39.8 Å². The Balaban J connectivity index is 1.66. The smallest absolute Gasteiger partial charge is 0.310 e. The molecule has 9 heteroatoms. The number of nitro benzene ring substituents is 1. The second kappa shape index (κ2) is 9.64. The molecule has 9 nitrogen and oxygen atoms in total. The molecule has 4 rings (SSSR count). The molecule has 0 amide bonds. The van der Waals surface area contributed by atoms with E-state index in [1.807, 2.05) is 55.7 Å². The Kier molecular flexibility index (Phi) is 6.48. The number of hydrogen-bond donors (Lipinski definition) is 1. The Hall–Kier alpha value is -4.01. The van der Waals surface area contributed by atoms with Gasteiger partial charge in [-0.05, 0) is 24.1 Å². The van der Waals surface area contributed by atoms with E-state index in [2.05, 4.69) is 15.3 Å². The Morgan fingerprint density at radius 1 is 1.12 bits per heavy atom. The monoisotopic (exact) mass is 446 g/mol. The molecule has 2 aliphatic rings. The zero-order chi connectivity index (χ0) is 23.4. The minimum atomic E-state index is -0.431. The van der Waals surface area contributed by atoms with Gasteiger partial charge in [0, 0.05) is 18.5 Å². The standard InChI is InChI=1S/C24H26N6O3/c1-4-25-23-21-24(28-22(27-21)16(2)3)29(15-26-23)13-18-10-11-19(30(31)32)20(12-18)33-14-17-8-6-5-7-9-17/h5-12,15-16,25H,4,13-14H2,1-3H3. The van der Waals surface area contributed by atoms with Crippen molar-refractivity contribution in [3.05, 3.63) is 81.9 Å². The van der Waals surface area contributed by atoms with Crippen molar-refractivity contribution in [3.63, 3.8) is 0 Å². The average molecular weight is 447 g/mol. The minimum absolute atomic E-state index is 0.0688. The number of nitrogens with one attached hydrogen (secondary N) is 1. The van der Waals surface area contributed by atoms with Gasteiger partial charge in [0.05, 0.1) is 17.8 Å². The maximum absolute atomic E-state index is 11.5. The van der Waals surface area contributed by atoms with Crippen LogP contribution in [0.25, 0.3) is 11.5 Å². The summed E-state index contributed by atoms with van der Waals surface area (Å²) in [4.78, 5) is 25.0. The molecule has 0 aliphatic carbocycles. The summed E-state index contributed by atoms with van der Waals surface area (Å²) in [5, 5.41) is 14.8. The van der Waals surface area contributed by atoms with Gasteiger partial charge in [-0.25, -0.2) is 15.0 Å². The normalized spacial score (nSPS) is 11.2. The van der Waals surface area contributed by atoms with Crippen molar-refractivity contribution in [1.29, 1.82) is 0 Å². The number of imidazole rings is 1. The van der Waals surface area contributed by atoms with E-state index in [-0.39, 0.29) is 24.0 Å². The first-order chi connectivity index (χ1) is 16.0. The van der Waals surface area contributed by atoms with E-state index in [1.165, 1.54) is 6.07 Å². The second-order valence-electron chi connectivity index (χ2n) is 7.99. The molecular weight excluding hydrogens is 420 g/mol. The molecule has 0 radical (unpaired) electrons. The van der Waals surface area contributed by atoms with Gasteiger partial charge in [0.25, 0.3) is 0 Å². The molecule has 0 bridgehead atoms. The van der Waals surface area contributed by atoms with Crippen molar-refractivity contribution >= 4 is 11.5 Å². The predicted molar refractivity (Wildman–Crippen MR) is 126 cm³/mol. The van der Waals surface area contributed by atoms with E-state index in [9.17, 15) is 10.1 Å². The maximum Gasteiger partial charge on any atom is 0.310 e. The molecule has 0 saturated carbocycles. The Morgan fingerprint density at radius 2 is 1.91 bits per heavy atom. The van der Waals surface area contributed by atoms with Crippen molar-refractivity contribution < 1.29 is 9.66 Å². The van der Waals surface area contributed by atoms with E-state index in [0.717, 1.165) is 29.3 Å². The number of benzene rings is 2. The number of rotatable bonds is 9. The molecule has 0 atom stereocenters. The van der Waals surface area contributed by atoms with Gasteiger partial charge >= 0.3 is 5.69 Å². The molecule has 0 aromatic heterocycles. The van der Waals surface area contributed by atoms with Crippen LogP contribution in [0.15, 0.2) is 54.9 Å². The van der Waals surface area contributed by atoms with Gasteiger partial charge in [0.2, 0.25) is 0 Å². The van der Waals surface area contributed by atoms with Crippen molar-refractivity contribution in [3.8, 4) is 17.3 Å². The number of anilines is 1. The van der Waals surface area contributed by atoms with Crippen LogP contribution in [0.1, 0.15) is 43.6 Å². The van der Waals surface area contributed by atoms with Gasteiger partial charge in [-0.15, -0.1) is 0 Å². The molecule has 2 heterocycles. The highest BCUT2D eigenvalue weighted by molar-refractivity contribution is 5.67. The lowest BCUT2D eigenvalue weighted by molar-refractivity contribution is -0.386. The second-order valence-corrected chi connectivity index (χ2v) is 7.99. The zero-order valence-electron chi connectivity index (χ0n) is 18.9. The topological polar surface area (TPSA) is 108 Å². The molecule has 1 N–H and O–H groups in total. The van der Waals surface area contributed by atoms with Gasteiger partial charge in [-0.2, -0.15) is 0 Å². The van der Waals surface area contributed by atoms with E-state index in [1.54, 1.807) is 18.5 Å². The van der Waals surface area contributed by atoms with Crippen LogP contribution in [0.4, 0.5) is 11.5 Å². The molecule has 2 aliphatic heterocycles. The van der Waals surface area contributed by atoms with Gasteiger partial charge in [-0.3, -0.25) is 10.1 Å². The lowest BCUT2D eigenvalue weighted by Crippen LogP contribution is -2.11. The van der Waals surface area contributed by atoms with Crippen LogP contribution >= 0.6 is 0 Å². The van der Waals surface area contributed by atoms with Crippen molar-refractivity contribution in [1.82, 2.24) is 19.5 Å². The number of fused-ring (bicyclic) bond motifs is 1. The highest BCUT2D eigenvalue weighted by Crippen LogP contribution is 2.31. The van der Waals surface area contributed by atoms with Gasteiger partial charge < -0.3 is 14.6 Å². The van der Waals surface area contributed by atoms with Crippen LogP contribution in [0.2, 0.25) is 0 Å². The number of nitrogens with zero attached hydrogens (tertiary/aromatic N) is 5. The molecule has 170 valence electrons. The van der Waals surface area contributed by atoms with Crippen molar-refractivity contribution in [2.75, 3.05) is 11.9 Å². The number of ether oxygens (including phenoxy) is 1. The summed E-state index contributed by atoms with van der Waals surface area (Å²) >= 11 is 0. The fourth-order valence-electron chi connectivity index (χ4n) is 3.48. The van der Waals surface area contributed by atoms with E-state index in [0.29, 0.717) is 18.1 Å². The first kappa shape index (κ1) is 22.2. The number of aromatic nitrogens is 4. The molecule has 33 heavy (non-hydrogen) atoms. The summed E-state index contributed by atoms with van der Waals surface area (Å²) in [6.45, 7) is 7.49. The number of hydrogen-bond acceptors (Lipinski definition) is 7. The molecule has 0 unspecified atom stereocenters. The van der Waals surface area contributed by atoms with Crippen LogP contribution < -0.4 is 10.1 Å². The first-order valence-electron chi connectivity index (χ1n) is 10.9. The molecule has 2 aromatic carbocycles. The van der Waals surface area contributed by atoms with Crippen LogP contribution in [0.5, 0.6) is 5.75 Å². The summed E-state index contributed by atoms with van der Waals surface area (Å²) in [6, 6.07) is 14.5. The van der Waals surface area contributed by atoms with Crippen LogP contribution in [-0.4, -0.2) is 31.0 Å². The summed E-state index contributed by atoms with van der Waals surface area (Å²) in [5.74, 6) is 2.57. The maximum atomic E-state index is 11.5. The van der Waals surface area contributed by atoms with E-state index in [4.69, 9.17) is 9.72 Å². The number of nitro groups is 1. The fraction of sp³-hybridized carbons (Fsp3) is 0.292. The molecule has 0 saturated heterocycles. The zero-order valence-corrected chi connectivity index (χ0v) is 18.9. The largest absolute Gasteiger partial charge is 0.482 e. The molecule has 0 spiro atoms. The summed E-state index contributed by atoms with van der Waals surface area (Å²) in [5.41, 5.74) is 2.41. The Morgan fingerprint density at radius 3 is 2.61 bits per heavy atom. The third-order valence-corrected chi connectivity index (χ3v) is 5.15. The summed E-state index contributed by atoms with van der Waals surface area (Å²) in [6.07, 6.45) is 1.71. The van der Waals surface area contributed by atoms with Gasteiger partial charge in [-0.1, -0.05) is 50.2 Å². The molecule has 2 aromatic rings. The third-order valence-electron chi connectivity index (χ3n) is 5.15. The molecular formula is C24H26N6O3.